The Morgan fingerprint density at radius 1 is 1.33 bits per heavy atom. The summed E-state index contributed by atoms with van der Waals surface area (Å²) in [6, 6.07) is 3.66. The number of hydrogen-bond donors (Lipinski definition) is 3. The zero-order valence-electron chi connectivity index (χ0n) is 21.8. The Morgan fingerprint density at radius 2 is 2.18 bits per heavy atom. The number of carbonyl (C=O) groups excluding carboxylic acids is 2. The average Bonchev–Trinajstić information content (AvgIpc) is 3.50. The molecule has 5 rings (SSSR count). The van der Waals surface area contributed by atoms with Gasteiger partial charge in [0.25, 0.3) is 0 Å². The molecule has 1 aliphatic carbocycles. The number of aromatic nitrogens is 2. The lowest BCUT2D eigenvalue weighted by atomic mass is 10.0. The van der Waals surface area contributed by atoms with E-state index in [1.165, 1.54) is 0 Å². The number of ether oxygens (including phenoxy) is 4. The van der Waals surface area contributed by atoms with Gasteiger partial charge in [0.05, 0.1) is 32.5 Å². The number of aliphatic hydroxyl groups is 1. The number of aromatic amines is 1. The van der Waals surface area contributed by atoms with Gasteiger partial charge < -0.3 is 34.4 Å². The Kier molecular flexibility index (Phi) is 8.52. The number of nitrogens with zero attached hydrogens (tertiary/aromatic N) is 2. The average molecular weight is 537 g/mol. The number of ketones is 1. The standard InChI is InChI=1S/C28H32N4O7/c1-18-15-20(37-13-9-32-7-11-36-12-8-32)4-5-22(18)31-27-24(28(35)38-14-10-33)25(34)23(39-27)16-19-17-30-26-21(19)3-2-6-29-26/h2-3,5-6,15-17,20,31,33H,4,7-14H2,1H3,(H,29,30)/b23-16-. The molecule has 3 aliphatic rings. The van der Waals surface area contributed by atoms with E-state index in [0.29, 0.717) is 29.9 Å². The first-order valence-electron chi connectivity index (χ1n) is 13.0. The summed E-state index contributed by atoms with van der Waals surface area (Å²) in [5.74, 6) is -1.53. The fourth-order valence-corrected chi connectivity index (χ4v) is 4.63. The van der Waals surface area contributed by atoms with Crippen LogP contribution in [0, 0.1) is 0 Å². The van der Waals surface area contributed by atoms with Crippen molar-refractivity contribution in [2.45, 2.75) is 19.4 Å². The quantitative estimate of drug-likeness (QED) is 0.234. The lowest BCUT2D eigenvalue weighted by Gasteiger charge is -2.27. The van der Waals surface area contributed by atoms with Crippen molar-refractivity contribution in [3.8, 4) is 0 Å². The Balaban J connectivity index is 1.29. The van der Waals surface area contributed by atoms with Gasteiger partial charge in [-0.2, -0.15) is 0 Å². The summed E-state index contributed by atoms with van der Waals surface area (Å²) >= 11 is 0. The van der Waals surface area contributed by atoms with Gasteiger partial charge in [0.2, 0.25) is 11.7 Å². The third kappa shape index (κ3) is 6.28. The second-order valence-electron chi connectivity index (χ2n) is 9.34. The van der Waals surface area contributed by atoms with Crippen molar-refractivity contribution in [1.82, 2.24) is 20.2 Å². The second kappa shape index (κ2) is 12.4. The Bertz CT molecular complexity index is 1350. The molecule has 1 saturated heterocycles. The zero-order valence-corrected chi connectivity index (χ0v) is 21.8. The van der Waals surface area contributed by atoms with Gasteiger partial charge in [0.1, 0.15) is 12.3 Å². The molecule has 1 fully saturated rings. The minimum Gasteiger partial charge on any atom is -0.459 e. The molecule has 0 aromatic carbocycles. The molecule has 0 amide bonds. The first kappa shape index (κ1) is 26.8. The molecule has 11 heteroatoms. The number of allylic oxidation sites excluding steroid dienone is 2. The Labute approximate surface area is 225 Å². The third-order valence-corrected chi connectivity index (χ3v) is 6.69. The normalized spacial score (nSPS) is 21.2. The number of H-pyrrole nitrogens is 1. The highest BCUT2D eigenvalue weighted by Crippen LogP contribution is 2.30. The SMILES string of the molecule is CC1=CC(OCCN2CCOCC2)CC=C1NC1=C(C(=O)OCCO)C(=O)/C(=C/c2c[nH]c3ncccc23)O1. The minimum atomic E-state index is -0.872. The topological polar surface area (TPSA) is 135 Å². The van der Waals surface area contributed by atoms with Crippen LogP contribution in [0.15, 0.2) is 65.2 Å². The Hall–Kier alpha value is -3.77. The summed E-state index contributed by atoms with van der Waals surface area (Å²) in [5, 5.41) is 13.0. The van der Waals surface area contributed by atoms with Gasteiger partial charge in [0, 0.05) is 48.7 Å². The van der Waals surface area contributed by atoms with Crippen LogP contribution in [0.5, 0.6) is 0 Å². The van der Waals surface area contributed by atoms with Crippen LogP contribution in [-0.4, -0.2) is 90.5 Å². The lowest BCUT2D eigenvalue weighted by Crippen LogP contribution is -2.38. The maximum absolute atomic E-state index is 13.3. The number of rotatable bonds is 10. The fourth-order valence-electron chi connectivity index (χ4n) is 4.63. The summed E-state index contributed by atoms with van der Waals surface area (Å²) in [6.45, 7) is 6.15. The van der Waals surface area contributed by atoms with Crippen molar-refractivity contribution >= 4 is 28.9 Å². The predicted octanol–water partition coefficient (Wildman–Crippen LogP) is 1.79. The van der Waals surface area contributed by atoms with Gasteiger partial charge >= 0.3 is 5.97 Å². The molecule has 3 N–H and O–H groups in total. The van der Waals surface area contributed by atoms with Crippen LogP contribution >= 0.6 is 0 Å². The highest BCUT2D eigenvalue weighted by Gasteiger charge is 2.37. The third-order valence-electron chi connectivity index (χ3n) is 6.69. The van der Waals surface area contributed by atoms with Gasteiger partial charge in [-0.15, -0.1) is 0 Å². The van der Waals surface area contributed by atoms with Gasteiger partial charge in [-0.05, 0) is 37.1 Å². The number of nitrogens with one attached hydrogen (secondary N) is 2. The zero-order chi connectivity index (χ0) is 27.2. The van der Waals surface area contributed by atoms with Crippen molar-refractivity contribution in [2.24, 2.45) is 0 Å². The van der Waals surface area contributed by atoms with E-state index >= 15 is 0 Å². The van der Waals surface area contributed by atoms with Crippen LogP contribution in [0.2, 0.25) is 0 Å². The summed E-state index contributed by atoms with van der Waals surface area (Å²) < 4.78 is 22.4. The molecular formula is C28H32N4O7. The van der Waals surface area contributed by atoms with Crippen LogP contribution in [0.1, 0.15) is 18.9 Å². The maximum Gasteiger partial charge on any atom is 0.347 e. The maximum atomic E-state index is 13.3. The number of esters is 1. The van der Waals surface area contributed by atoms with Crippen molar-refractivity contribution in [2.75, 3.05) is 52.7 Å². The first-order chi connectivity index (χ1) is 19.0. The molecule has 11 nitrogen and oxygen atoms in total. The summed E-state index contributed by atoms with van der Waals surface area (Å²) in [7, 11) is 0. The molecule has 2 aromatic rings. The van der Waals surface area contributed by atoms with Crippen LogP contribution in [0.3, 0.4) is 0 Å². The van der Waals surface area contributed by atoms with Gasteiger partial charge in [0.15, 0.2) is 11.3 Å². The molecule has 2 aromatic heterocycles. The smallest absolute Gasteiger partial charge is 0.347 e. The molecule has 0 saturated carbocycles. The van der Waals surface area contributed by atoms with Gasteiger partial charge in [-0.1, -0.05) is 12.2 Å². The molecule has 1 unspecified atom stereocenters. The van der Waals surface area contributed by atoms with Crippen molar-refractivity contribution < 1.29 is 33.6 Å². The number of morpholine rings is 1. The largest absolute Gasteiger partial charge is 0.459 e. The van der Waals surface area contributed by atoms with E-state index in [2.05, 4.69) is 20.2 Å². The molecule has 0 spiro atoms. The summed E-state index contributed by atoms with van der Waals surface area (Å²) in [5.41, 5.74) is 2.69. The van der Waals surface area contributed by atoms with Crippen LogP contribution in [0.4, 0.5) is 0 Å². The fraction of sp³-hybridized carbons (Fsp3) is 0.393. The van der Waals surface area contributed by atoms with E-state index in [-0.39, 0.29) is 36.5 Å². The second-order valence-corrected chi connectivity index (χ2v) is 9.34. The summed E-state index contributed by atoms with van der Waals surface area (Å²) in [6.07, 6.45) is 9.46. The van der Waals surface area contributed by atoms with Crippen molar-refractivity contribution in [3.63, 3.8) is 0 Å². The van der Waals surface area contributed by atoms with Crippen LogP contribution in [0.25, 0.3) is 17.1 Å². The van der Waals surface area contributed by atoms with Gasteiger partial charge in [-0.25, -0.2) is 9.78 Å². The minimum absolute atomic E-state index is 0.0159. The number of Topliss-reactive ketones (excluding diaryl/α,β-unsaturated/α-hetero) is 1. The van der Waals surface area contributed by atoms with E-state index in [0.717, 1.165) is 43.8 Å². The van der Waals surface area contributed by atoms with E-state index in [1.807, 2.05) is 25.1 Å². The monoisotopic (exact) mass is 536 g/mol. The molecule has 1 atom stereocenters. The molecule has 4 heterocycles. The number of fused-ring (bicyclic) bond motifs is 1. The lowest BCUT2D eigenvalue weighted by molar-refractivity contribution is -0.141. The van der Waals surface area contributed by atoms with Crippen LogP contribution in [-0.2, 0) is 28.5 Å². The van der Waals surface area contributed by atoms with Crippen molar-refractivity contribution in [3.05, 3.63) is 70.7 Å². The van der Waals surface area contributed by atoms with E-state index in [1.54, 1.807) is 24.5 Å². The van der Waals surface area contributed by atoms with Gasteiger partial charge in [-0.3, -0.25) is 9.69 Å². The molecule has 206 valence electrons. The summed E-state index contributed by atoms with van der Waals surface area (Å²) in [4.78, 5) is 35.7. The molecule has 2 aliphatic heterocycles. The molecule has 0 bridgehead atoms. The molecular weight excluding hydrogens is 504 g/mol. The number of pyridine rings is 1. The van der Waals surface area contributed by atoms with E-state index < -0.39 is 11.8 Å². The van der Waals surface area contributed by atoms with Crippen molar-refractivity contribution in [1.29, 1.82) is 0 Å². The number of aliphatic hydroxyl groups excluding tert-OH is 1. The highest BCUT2D eigenvalue weighted by atomic mass is 16.5. The number of hydrogen-bond acceptors (Lipinski definition) is 10. The number of carbonyl (C=O) groups is 2. The van der Waals surface area contributed by atoms with E-state index in [9.17, 15) is 9.59 Å². The highest BCUT2D eigenvalue weighted by molar-refractivity contribution is 6.26. The molecule has 39 heavy (non-hydrogen) atoms. The van der Waals surface area contributed by atoms with E-state index in [4.69, 9.17) is 24.1 Å². The van der Waals surface area contributed by atoms with Crippen LogP contribution < -0.4 is 5.32 Å². The Morgan fingerprint density at radius 3 is 2.97 bits per heavy atom. The first-order valence-corrected chi connectivity index (χ1v) is 13.0. The predicted molar refractivity (Wildman–Crippen MR) is 142 cm³/mol. The molecule has 0 radical (unpaired) electrons.